The van der Waals surface area contributed by atoms with Gasteiger partial charge in [0.25, 0.3) is 0 Å². The molecule has 20 heavy (non-hydrogen) atoms. The number of rotatable bonds is 4. The van der Waals surface area contributed by atoms with Crippen molar-refractivity contribution in [3.63, 3.8) is 0 Å². The summed E-state index contributed by atoms with van der Waals surface area (Å²) in [6, 6.07) is 0.694. The molecular formula is C18H36N2. The maximum Gasteiger partial charge on any atom is 0.0156 e. The van der Waals surface area contributed by atoms with E-state index in [1.165, 1.54) is 51.7 Å². The molecule has 0 aromatic heterocycles. The summed E-state index contributed by atoms with van der Waals surface area (Å²) < 4.78 is 0. The number of hydrogen-bond donors (Lipinski definition) is 1. The van der Waals surface area contributed by atoms with Crippen molar-refractivity contribution >= 4 is 0 Å². The lowest BCUT2D eigenvalue weighted by molar-refractivity contribution is 0.0663. The highest BCUT2D eigenvalue weighted by atomic mass is 15.1. The summed E-state index contributed by atoms with van der Waals surface area (Å²) in [5.74, 6) is 2.68. The van der Waals surface area contributed by atoms with E-state index in [0.717, 1.165) is 17.8 Å². The molecule has 118 valence electrons. The van der Waals surface area contributed by atoms with Crippen molar-refractivity contribution in [3.8, 4) is 0 Å². The Morgan fingerprint density at radius 3 is 2.35 bits per heavy atom. The lowest BCUT2D eigenvalue weighted by Gasteiger charge is -2.46. The van der Waals surface area contributed by atoms with Gasteiger partial charge in [-0.3, -0.25) is 0 Å². The van der Waals surface area contributed by atoms with Gasteiger partial charge in [0, 0.05) is 12.6 Å². The van der Waals surface area contributed by atoms with Gasteiger partial charge < -0.3 is 10.2 Å². The smallest absolute Gasteiger partial charge is 0.0156 e. The molecule has 2 atom stereocenters. The van der Waals surface area contributed by atoms with Crippen molar-refractivity contribution in [3.05, 3.63) is 0 Å². The summed E-state index contributed by atoms with van der Waals surface area (Å²) in [7, 11) is 2.16. The van der Waals surface area contributed by atoms with Gasteiger partial charge in [-0.1, -0.05) is 34.1 Å². The van der Waals surface area contributed by atoms with E-state index in [1.807, 2.05) is 0 Å². The van der Waals surface area contributed by atoms with Gasteiger partial charge in [-0.15, -0.1) is 0 Å². The van der Waals surface area contributed by atoms with Crippen LogP contribution in [0.15, 0.2) is 0 Å². The van der Waals surface area contributed by atoms with Gasteiger partial charge in [0.2, 0.25) is 0 Å². The first-order valence-corrected chi connectivity index (χ1v) is 8.83. The van der Waals surface area contributed by atoms with E-state index >= 15 is 0 Å². The van der Waals surface area contributed by atoms with E-state index < -0.39 is 0 Å². The fourth-order valence-corrected chi connectivity index (χ4v) is 4.74. The van der Waals surface area contributed by atoms with Crippen LogP contribution in [0.3, 0.4) is 0 Å². The quantitative estimate of drug-likeness (QED) is 0.843. The van der Waals surface area contributed by atoms with Crippen molar-refractivity contribution in [2.45, 2.75) is 65.8 Å². The first-order chi connectivity index (χ1) is 9.44. The fourth-order valence-electron chi connectivity index (χ4n) is 4.74. The molecule has 0 aromatic carbocycles. The average Bonchev–Trinajstić information content (AvgIpc) is 2.38. The molecule has 1 N–H and O–H groups in total. The van der Waals surface area contributed by atoms with Crippen molar-refractivity contribution in [2.24, 2.45) is 23.2 Å². The van der Waals surface area contributed by atoms with Crippen LogP contribution >= 0.6 is 0 Å². The summed E-state index contributed by atoms with van der Waals surface area (Å²) in [5.41, 5.74) is 0.466. The molecule has 0 amide bonds. The van der Waals surface area contributed by atoms with Gasteiger partial charge in [0.15, 0.2) is 0 Å². The predicted octanol–water partition coefficient (Wildman–Crippen LogP) is 3.77. The van der Waals surface area contributed by atoms with Gasteiger partial charge >= 0.3 is 0 Å². The van der Waals surface area contributed by atoms with Crippen LogP contribution in [0.1, 0.15) is 59.8 Å². The topological polar surface area (TPSA) is 15.3 Å². The normalized spacial score (nSPS) is 32.7. The van der Waals surface area contributed by atoms with Crippen LogP contribution in [0.4, 0.5) is 0 Å². The van der Waals surface area contributed by atoms with E-state index in [0.29, 0.717) is 11.5 Å². The average molecular weight is 280 g/mol. The second-order valence-corrected chi connectivity index (χ2v) is 8.29. The van der Waals surface area contributed by atoms with E-state index in [4.69, 9.17) is 0 Å². The Morgan fingerprint density at radius 1 is 1.15 bits per heavy atom. The van der Waals surface area contributed by atoms with Crippen molar-refractivity contribution < 1.29 is 0 Å². The van der Waals surface area contributed by atoms with Gasteiger partial charge in [0.1, 0.15) is 0 Å². The lowest BCUT2D eigenvalue weighted by Crippen LogP contribution is -2.52. The molecule has 1 aliphatic carbocycles. The number of nitrogens with zero attached hydrogens (tertiary/aromatic N) is 1. The Labute approximate surface area is 126 Å². The molecule has 1 heterocycles. The van der Waals surface area contributed by atoms with Crippen LogP contribution in [0.5, 0.6) is 0 Å². The molecule has 2 fully saturated rings. The molecule has 2 rings (SSSR count). The highest BCUT2D eigenvalue weighted by Gasteiger charge is 2.38. The summed E-state index contributed by atoms with van der Waals surface area (Å²) in [6.07, 6.45) is 7.04. The summed E-state index contributed by atoms with van der Waals surface area (Å²) in [4.78, 5) is 2.75. The van der Waals surface area contributed by atoms with Gasteiger partial charge in [-0.2, -0.15) is 0 Å². The zero-order chi connectivity index (χ0) is 14.8. The third-order valence-electron chi connectivity index (χ3n) is 6.09. The lowest BCUT2D eigenvalue weighted by atomic mass is 9.67. The van der Waals surface area contributed by atoms with E-state index in [1.54, 1.807) is 0 Å². The Kier molecular flexibility index (Phi) is 5.53. The predicted molar refractivity (Wildman–Crippen MR) is 88.0 cm³/mol. The Morgan fingerprint density at radius 2 is 1.80 bits per heavy atom. The van der Waals surface area contributed by atoms with E-state index in [9.17, 15) is 0 Å². The number of nitrogens with one attached hydrogen (secondary N) is 1. The van der Waals surface area contributed by atoms with E-state index in [2.05, 4.69) is 45.0 Å². The molecule has 2 nitrogen and oxygen atoms in total. The maximum absolute atomic E-state index is 3.63. The molecule has 0 radical (unpaired) electrons. The van der Waals surface area contributed by atoms with Crippen molar-refractivity contribution in [2.75, 3.05) is 26.7 Å². The molecule has 1 saturated carbocycles. The molecular weight excluding hydrogens is 244 g/mol. The standard InChI is InChI=1S/C18H36N2/c1-14(2)15-8-11-20(12-9-15)13-16-7-6-10-18(3,4)17(16)19-5/h14-17,19H,6-13H2,1-5H3. The Hall–Kier alpha value is -0.0800. The Bertz CT molecular complexity index is 290. The minimum atomic E-state index is 0.466. The van der Waals surface area contributed by atoms with Crippen molar-refractivity contribution in [1.29, 1.82) is 0 Å². The minimum absolute atomic E-state index is 0.466. The van der Waals surface area contributed by atoms with Crippen LogP contribution in [-0.2, 0) is 0 Å². The molecule has 1 aliphatic heterocycles. The van der Waals surface area contributed by atoms with E-state index in [-0.39, 0.29) is 0 Å². The molecule has 0 spiro atoms. The summed E-state index contributed by atoms with van der Waals surface area (Å²) >= 11 is 0. The fraction of sp³-hybridized carbons (Fsp3) is 1.00. The highest BCUT2D eigenvalue weighted by molar-refractivity contribution is 4.94. The second kappa shape index (κ2) is 6.79. The number of hydrogen-bond acceptors (Lipinski definition) is 2. The molecule has 1 saturated heterocycles. The second-order valence-electron chi connectivity index (χ2n) is 8.29. The molecule has 0 bridgehead atoms. The van der Waals surface area contributed by atoms with Gasteiger partial charge in [-0.05, 0) is 69.0 Å². The summed E-state index contributed by atoms with van der Waals surface area (Å²) in [5, 5.41) is 3.63. The largest absolute Gasteiger partial charge is 0.316 e. The third kappa shape index (κ3) is 3.76. The monoisotopic (exact) mass is 280 g/mol. The minimum Gasteiger partial charge on any atom is -0.316 e. The van der Waals surface area contributed by atoms with Crippen LogP contribution in [0.2, 0.25) is 0 Å². The van der Waals surface area contributed by atoms with Crippen molar-refractivity contribution in [1.82, 2.24) is 10.2 Å². The molecule has 2 heteroatoms. The summed E-state index contributed by atoms with van der Waals surface area (Å²) in [6.45, 7) is 13.7. The Balaban J connectivity index is 1.87. The van der Waals surface area contributed by atoms with Gasteiger partial charge in [-0.25, -0.2) is 0 Å². The first kappa shape index (κ1) is 16.3. The van der Waals surface area contributed by atoms with Crippen LogP contribution in [-0.4, -0.2) is 37.6 Å². The molecule has 2 aliphatic rings. The molecule has 2 unspecified atom stereocenters. The third-order valence-corrected chi connectivity index (χ3v) is 6.09. The number of piperidine rings is 1. The zero-order valence-electron chi connectivity index (χ0n) is 14.4. The van der Waals surface area contributed by atoms with Gasteiger partial charge in [0.05, 0.1) is 0 Å². The highest BCUT2D eigenvalue weighted by Crippen LogP contribution is 2.39. The SMILES string of the molecule is CNC1C(CN2CCC(C(C)C)CC2)CCCC1(C)C. The maximum atomic E-state index is 3.63. The first-order valence-electron chi connectivity index (χ1n) is 8.83. The van der Waals surface area contributed by atoms with Crippen LogP contribution < -0.4 is 5.32 Å². The van der Waals surface area contributed by atoms with Crippen LogP contribution in [0, 0.1) is 23.2 Å². The zero-order valence-corrected chi connectivity index (χ0v) is 14.4. The van der Waals surface area contributed by atoms with Crippen LogP contribution in [0.25, 0.3) is 0 Å². The number of likely N-dealkylation sites (tertiary alicyclic amines) is 1. The molecule has 0 aromatic rings.